The summed E-state index contributed by atoms with van der Waals surface area (Å²) < 4.78 is 1.45. The maximum Gasteiger partial charge on any atom is 0.225 e. The molecule has 4 N–H and O–H groups in total. The van der Waals surface area contributed by atoms with E-state index >= 15 is 0 Å². The Labute approximate surface area is 56.4 Å². The third-order valence-electron chi connectivity index (χ3n) is 1.03. The van der Waals surface area contributed by atoms with Crippen LogP contribution in [0.3, 0.4) is 0 Å². The predicted octanol–water partition coefficient (Wildman–Crippen LogP) is -0.654. The van der Waals surface area contributed by atoms with E-state index in [1.54, 1.807) is 0 Å². The number of hydrogen-bond donors (Lipinski definition) is 2. The molecule has 0 aliphatic carbocycles. The van der Waals surface area contributed by atoms with Crippen molar-refractivity contribution < 1.29 is 0 Å². The topological polar surface area (TPSA) is 69.3 Å². The standard InChI is InChI=1S/C4H8N4S/c1-3-2-9-4(7-5)8(3)6/h2H,5-6H2,1H3/b7-4+. The first-order chi connectivity index (χ1) is 4.25. The Balaban J connectivity index is 3.37. The van der Waals surface area contributed by atoms with E-state index in [1.165, 1.54) is 16.0 Å². The van der Waals surface area contributed by atoms with Gasteiger partial charge in [-0.05, 0) is 6.92 Å². The zero-order valence-corrected chi connectivity index (χ0v) is 5.85. The number of rotatable bonds is 0. The number of thiazole rings is 1. The fraction of sp³-hybridized carbons (Fsp3) is 0.250. The second-order valence-corrected chi connectivity index (χ2v) is 2.50. The lowest BCUT2D eigenvalue weighted by Gasteiger charge is -1.91. The van der Waals surface area contributed by atoms with Crippen LogP contribution in [0.4, 0.5) is 0 Å². The molecule has 9 heavy (non-hydrogen) atoms. The minimum Gasteiger partial charge on any atom is -0.337 e. The van der Waals surface area contributed by atoms with Crippen molar-refractivity contribution in [3.63, 3.8) is 0 Å². The van der Waals surface area contributed by atoms with Gasteiger partial charge in [-0.3, -0.25) is 0 Å². The molecule has 0 aliphatic rings. The van der Waals surface area contributed by atoms with Crippen molar-refractivity contribution in [2.45, 2.75) is 6.92 Å². The number of nitrogens with zero attached hydrogens (tertiary/aromatic N) is 2. The van der Waals surface area contributed by atoms with E-state index in [-0.39, 0.29) is 0 Å². The second-order valence-electron chi connectivity index (χ2n) is 1.66. The van der Waals surface area contributed by atoms with Crippen molar-refractivity contribution in [1.29, 1.82) is 0 Å². The summed E-state index contributed by atoms with van der Waals surface area (Å²) in [5.41, 5.74) is 0.962. The van der Waals surface area contributed by atoms with Gasteiger partial charge >= 0.3 is 0 Å². The average Bonchev–Trinajstić information content (AvgIpc) is 2.15. The molecule has 0 saturated heterocycles. The molecule has 0 unspecified atom stereocenters. The van der Waals surface area contributed by atoms with Crippen LogP contribution in [0.5, 0.6) is 0 Å². The lowest BCUT2D eigenvalue weighted by atomic mass is 10.6. The third-order valence-corrected chi connectivity index (χ3v) is 2.00. The molecular formula is C4H8N4S. The first-order valence-electron chi connectivity index (χ1n) is 2.42. The minimum atomic E-state index is 0.632. The van der Waals surface area contributed by atoms with E-state index in [4.69, 9.17) is 11.7 Å². The Morgan fingerprint density at radius 3 is 2.67 bits per heavy atom. The fourth-order valence-electron chi connectivity index (χ4n) is 0.495. The monoisotopic (exact) mass is 144 g/mol. The maximum atomic E-state index is 5.47. The number of aryl methyl sites for hydroxylation is 1. The fourth-order valence-corrected chi connectivity index (χ4v) is 1.20. The Hall–Kier alpha value is -0.970. The average molecular weight is 144 g/mol. The van der Waals surface area contributed by atoms with Gasteiger partial charge in [0.1, 0.15) is 0 Å². The van der Waals surface area contributed by atoms with Crippen LogP contribution in [0.1, 0.15) is 5.69 Å². The van der Waals surface area contributed by atoms with Gasteiger partial charge in [-0.15, -0.1) is 11.3 Å². The Kier molecular flexibility index (Phi) is 1.44. The van der Waals surface area contributed by atoms with Gasteiger partial charge in [0.05, 0.1) is 0 Å². The van der Waals surface area contributed by atoms with Gasteiger partial charge in [-0.1, -0.05) is 0 Å². The summed E-state index contributed by atoms with van der Waals surface area (Å²) in [4.78, 5) is 0.632. The molecular weight excluding hydrogens is 136 g/mol. The Bertz CT molecular complexity index is 258. The minimum absolute atomic E-state index is 0.632. The molecule has 4 nitrogen and oxygen atoms in total. The summed E-state index contributed by atoms with van der Waals surface area (Å²) in [6, 6.07) is 0. The van der Waals surface area contributed by atoms with Crippen LogP contribution in [-0.2, 0) is 0 Å². The number of nitrogen functional groups attached to an aromatic ring is 1. The summed E-state index contributed by atoms with van der Waals surface area (Å²) in [5.74, 6) is 10.5. The first-order valence-corrected chi connectivity index (χ1v) is 3.30. The molecule has 1 aromatic rings. The molecule has 0 bridgehead atoms. The lowest BCUT2D eigenvalue weighted by Crippen LogP contribution is -2.25. The molecule has 0 aromatic carbocycles. The summed E-state index contributed by atoms with van der Waals surface area (Å²) in [7, 11) is 0. The summed E-state index contributed by atoms with van der Waals surface area (Å²) in [5, 5.41) is 5.34. The van der Waals surface area contributed by atoms with Gasteiger partial charge in [0.2, 0.25) is 4.80 Å². The molecule has 1 heterocycles. The quantitative estimate of drug-likeness (QED) is 0.375. The van der Waals surface area contributed by atoms with Gasteiger partial charge < -0.3 is 11.7 Å². The van der Waals surface area contributed by atoms with Crippen molar-refractivity contribution in [3.05, 3.63) is 15.9 Å². The highest BCUT2D eigenvalue weighted by Crippen LogP contribution is 1.93. The van der Waals surface area contributed by atoms with Crippen LogP contribution in [0, 0.1) is 6.92 Å². The molecule has 0 fully saturated rings. The number of nitrogens with two attached hydrogens (primary N) is 2. The second kappa shape index (κ2) is 2.10. The highest BCUT2D eigenvalue weighted by Gasteiger charge is 1.92. The Morgan fingerprint density at radius 2 is 2.44 bits per heavy atom. The summed E-state index contributed by atoms with van der Waals surface area (Å²) >= 11 is 1.42. The molecule has 1 rings (SSSR count). The molecule has 0 atom stereocenters. The number of hydrogen-bond acceptors (Lipinski definition) is 4. The maximum absolute atomic E-state index is 5.47. The SMILES string of the molecule is Cc1cs/c(=N/N)n1N. The van der Waals surface area contributed by atoms with E-state index in [0.29, 0.717) is 4.80 Å². The molecule has 50 valence electrons. The number of aromatic nitrogens is 1. The predicted molar refractivity (Wildman–Crippen MR) is 36.9 cm³/mol. The molecule has 0 radical (unpaired) electrons. The van der Waals surface area contributed by atoms with E-state index in [2.05, 4.69) is 5.10 Å². The van der Waals surface area contributed by atoms with Crippen molar-refractivity contribution in [1.82, 2.24) is 4.68 Å². The largest absolute Gasteiger partial charge is 0.337 e. The van der Waals surface area contributed by atoms with E-state index in [1.807, 2.05) is 12.3 Å². The van der Waals surface area contributed by atoms with Gasteiger partial charge in [0, 0.05) is 11.1 Å². The van der Waals surface area contributed by atoms with Crippen LogP contribution in [-0.4, -0.2) is 4.68 Å². The first kappa shape index (κ1) is 6.15. The van der Waals surface area contributed by atoms with Crippen molar-refractivity contribution in [2.24, 2.45) is 10.9 Å². The van der Waals surface area contributed by atoms with E-state index < -0.39 is 0 Å². The van der Waals surface area contributed by atoms with Gasteiger partial charge in [-0.25, -0.2) is 4.68 Å². The van der Waals surface area contributed by atoms with Crippen molar-refractivity contribution in [2.75, 3.05) is 5.84 Å². The third kappa shape index (κ3) is 0.904. The Morgan fingerprint density at radius 1 is 1.78 bits per heavy atom. The zero-order chi connectivity index (χ0) is 6.85. The molecule has 0 amide bonds. The van der Waals surface area contributed by atoms with Crippen molar-refractivity contribution >= 4 is 11.3 Å². The lowest BCUT2D eigenvalue weighted by molar-refractivity contribution is 0.882. The highest BCUT2D eigenvalue weighted by molar-refractivity contribution is 7.07. The summed E-state index contributed by atoms with van der Waals surface area (Å²) in [6.45, 7) is 1.89. The van der Waals surface area contributed by atoms with Crippen LogP contribution in [0.15, 0.2) is 10.5 Å². The van der Waals surface area contributed by atoms with Gasteiger partial charge in [-0.2, -0.15) is 5.10 Å². The normalized spacial score (nSPS) is 12.3. The summed E-state index contributed by atoms with van der Waals surface area (Å²) in [6.07, 6.45) is 0. The zero-order valence-electron chi connectivity index (χ0n) is 5.03. The van der Waals surface area contributed by atoms with Crippen LogP contribution in [0.2, 0.25) is 0 Å². The molecule has 0 saturated carbocycles. The van der Waals surface area contributed by atoms with Crippen LogP contribution >= 0.6 is 11.3 Å². The molecule has 0 spiro atoms. The smallest absolute Gasteiger partial charge is 0.225 e. The highest BCUT2D eigenvalue weighted by atomic mass is 32.1. The van der Waals surface area contributed by atoms with Crippen LogP contribution in [0.25, 0.3) is 0 Å². The van der Waals surface area contributed by atoms with E-state index in [0.717, 1.165) is 5.69 Å². The molecule has 1 aromatic heterocycles. The van der Waals surface area contributed by atoms with E-state index in [9.17, 15) is 0 Å². The van der Waals surface area contributed by atoms with Crippen molar-refractivity contribution in [3.8, 4) is 0 Å². The van der Waals surface area contributed by atoms with Gasteiger partial charge in [0.15, 0.2) is 0 Å². The van der Waals surface area contributed by atoms with Crippen LogP contribution < -0.4 is 16.5 Å². The van der Waals surface area contributed by atoms with Gasteiger partial charge in [0.25, 0.3) is 0 Å². The molecule has 0 aliphatic heterocycles. The molecule has 5 heteroatoms.